The Kier molecular flexibility index (Phi) is 3.69. The molecule has 118 valence electrons. The van der Waals surface area contributed by atoms with E-state index in [2.05, 4.69) is 10.6 Å². The summed E-state index contributed by atoms with van der Waals surface area (Å²) in [6.45, 7) is 1.85. The zero-order valence-electron chi connectivity index (χ0n) is 12.3. The van der Waals surface area contributed by atoms with Gasteiger partial charge in [-0.15, -0.1) is 0 Å². The van der Waals surface area contributed by atoms with Gasteiger partial charge in [-0.05, 0) is 25.5 Å². The van der Waals surface area contributed by atoms with Crippen molar-refractivity contribution >= 4 is 28.7 Å². The van der Waals surface area contributed by atoms with Crippen LogP contribution in [0, 0.1) is 6.92 Å². The summed E-state index contributed by atoms with van der Waals surface area (Å²) in [5.41, 5.74) is 0.880. The maximum Gasteiger partial charge on any atom is 0.287 e. The van der Waals surface area contributed by atoms with Gasteiger partial charge in [-0.1, -0.05) is 11.6 Å². The summed E-state index contributed by atoms with van der Waals surface area (Å²) in [5, 5.41) is 5.01. The number of amides is 3. The van der Waals surface area contributed by atoms with Gasteiger partial charge in [0.2, 0.25) is 11.8 Å². The molecular formula is C16H14N2O5. The Morgan fingerprint density at radius 1 is 1.26 bits per heavy atom. The van der Waals surface area contributed by atoms with E-state index in [0.29, 0.717) is 11.0 Å². The topological polar surface area (TPSA) is 105 Å². The first-order valence-electron chi connectivity index (χ1n) is 7.13. The molecule has 2 N–H and O–H groups in total. The minimum Gasteiger partial charge on any atom is -0.451 e. The number of fused-ring (bicyclic) bond motifs is 1. The molecule has 1 aliphatic rings. The highest BCUT2D eigenvalue weighted by Crippen LogP contribution is 2.14. The number of aryl methyl sites for hydroxylation is 1. The number of piperidine rings is 1. The van der Waals surface area contributed by atoms with Crippen molar-refractivity contribution in [3.05, 3.63) is 45.8 Å². The van der Waals surface area contributed by atoms with E-state index < -0.39 is 17.9 Å². The largest absolute Gasteiger partial charge is 0.451 e. The van der Waals surface area contributed by atoms with Crippen molar-refractivity contribution in [2.75, 3.05) is 0 Å². The van der Waals surface area contributed by atoms with Crippen molar-refractivity contribution in [2.45, 2.75) is 25.8 Å². The first kappa shape index (κ1) is 15.0. The van der Waals surface area contributed by atoms with Gasteiger partial charge in [0.25, 0.3) is 5.91 Å². The lowest BCUT2D eigenvalue weighted by Crippen LogP contribution is -2.52. The summed E-state index contributed by atoms with van der Waals surface area (Å²) >= 11 is 0. The first-order chi connectivity index (χ1) is 10.9. The van der Waals surface area contributed by atoms with Crippen molar-refractivity contribution in [3.8, 4) is 0 Å². The van der Waals surface area contributed by atoms with Crippen LogP contribution in [0.1, 0.15) is 29.0 Å². The van der Waals surface area contributed by atoms with Crippen LogP contribution in [0.15, 0.2) is 33.5 Å². The van der Waals surface area contributed by atoms with Crippen molar-refractivity contribution in [3.63, 3.8) is 0 Å². The van der Waals surface area contributed by atoms with Gasteiger partial charge in [-0.2, -0.15) is 0 Å². The van der Waals surface area contributed by atoms with Gasteiger partial charge < -0.3 is 9.73 Å². The molecule has 3 amide bonds. The molecular weight excluding hydrogens is 300 g/mol. The predicted octanol–water partition coefficient (Wildman–Crippen LogP) is 0.636. The van der Waals surface area contributed by atoms with E-state index in [-0.39, 0.29) is 29.9 Å². The third-order valence-electron chi connectivity index (χ3n) is 3.65. The second-order valence-corrected chi connectivity index (χ2v) is 5.45. The number of hydrogen-bond acceptors (Lipinski definition) is 5. The van der Waals surface area contributed by atoms with Crippen LogP contribution in [0.25, 0.3) is 11.0 Å². The third-order valence-corrected chi connectivity index (χ3v) is 3.65. The smallest absolute Gasteiger partial charge is 0.287 e. The van der Waals surface area contributed by atoms with Crippen molar-refractivity contribution in [1.82, 2.24) is 10.6 Å². The first-order valence-corrected chi connectivity index (χ1v) is 7.13. The average Bonchev–Trinajstić information content (AvgIpc) is 2.50. The van der Waals surface area contributed by atoms with Crippen LogP contribution in [0.2, 0.25) is 0 Å². The van der Waals surface area contributed by atoms with Crippen LogP contribution in [0.3, 0.4) is 0 Å². The summed E-state index contributed by atoms with van der Waals surface area (Å²) in [6.07, 6.45) is 0.366. The molecule has 1 aromatic heterocycles. The van der Waals surface area contributed by atoms with Gasteiger partial charge in [0.1, 0.15) is 11.6 Å². The Morgan fingerprint density at radius 3 is 2.78 bits per heavy atom. The molecule has 1 atom stereocenters. The maximum atomic E-state index is 12.2. The highest BCUT2D eigenvalue weighted by molar-refractivity contribution is 6.03. The van der Waals surface area contributed by atoms with Crippen molar-refractivity contribution < 1.29 is 18.8 Å². The quantitative estimate of drug-likeness (QED) is 0.791. The molecule has 3 rings (SSSR count). The van der Waals surface area contributed by atoms with Crippen LogP contribution < -0.4 is 16.1 Å². The molecule has 1 aromatic carbocycles. The molecule has 0 bridgehead atoms. The molecule has 2 heterocycles. The molecule has 0 saturated carbocycles. The van der Waals surface area contributed by atoms with E-state index >= 15 is 0 Å². The van der Waals surface area contributed by atoms with E-state index in [4.69, 9.17) is 4.42 Å². The standard InChI is InChI=1S/C16H14N2O5/c1-8-2-4-12-9(6-8)11(19)7-13(23-12)16(22)17-10-3-5-14(20)18-15(10)21/h2,4,6-7,10H,3,5H2,1H3,(H,17,22)(H,18,20,21). The molecule has 1 aliphatic heterocycles. The number of carbonyl (C=O) groups excluding carboxylic acids is 3. The number of nitrogens with one attached hydrogen (secondary N) is 2. The number of imide groups is 1. The van der Waals surface area contributed by atoms with E-state index in [0.717, 1.165) is 11.6 Å². The van der Waals surface area contributed by atoms with Crippen molar-refractivity contribution in [2.24, 2.45) is 0 Å². The Bertz CT molecular complexity index is 884. The minimum atomic E-state index is -0.820. The zero-order chi connectivity index (χ0) is 16.6. The molecule has 0 radical (unpaired) electrons. The van der Waals surface area contributed by atoms with Crippen molar-refractivity contribution in [1.29, 1.82) is 0 Å². The SMILES string of the molecule is Cc1ccc2oc(C(=O)NC3CCC(=O)NC3=O)cc(=O)c2c1. The van der Waals surface area contributed by atoms with E-state index in [1.807, 2.05) is 6.92 Å². The molecule has 7 nitrogen and oxygen atoms in total. The van der Waals surface area contributed by atoms with Crippen LogP contribution in [-0.2, 0) is 9.59 Å². The molecule has 7 heteroatoms. The molecule has 1 saturated heterocycles. The lowest BCUT2D eigenvalue weighted by Gasteiger charge is -2.21. The fraction of sp³-hybridized carbons (Fsp3) is 0.250. The highest BCUT2D eigenvalue weighted by Gasteiger charge is 2.28. The van der Waals surface area contributed by atoms with Crippen LogP contribution >= 0.6 is 0 Å². The number of hydrogen-bond donors (Lipinski definition) is 2. The third kappa shape index (κ3) is 2.98. The summed E-state index contributed by atoms with van der Waals surface area (Å²) in [6, 6.07) is 5.35. The molecule has 0 aliphatic carbocycles. The van der Waals surface area contributed by atoms with Gasteiger partial charge >= 0.3 is 0 Å². The number of benzene rings is 1. The molecule has 23 heavy (non-hydrogen) atoms. The Labute approximate surface area is 130 Å². The fourth-order valence-corrected chi connectivity index (χ4v) is 2.44. The van der Waals surface area contributed by atoms with Gasteiger partial charge in [-0.3, -0.25) is 24.5 Å². The zero-order valence-corrected chi connectivity index (χ0v) is 12.3. The Hall–Kier alpha value is -2.96. The van der Waals surface area contributed by atoms with Crippen LogP contribution in [0.4, 0.5) is 0 Å². The van der Waals surface area contributed by atoms with Crippen LogP contribution in [0.5, 0.6) is 0 Å². The summed E-state index contributed by atoms with van der Waals surface area (Å²) in [4.78, 5) is 47.0. The Morgan fingerprint density at radius 2 is 2.04 bits per heavy atom. The lowest BCUT2D eigenvalue weighted by atomic mass is 10.1. The second kappa shape index (κ2) is 5.68. The monoisotopic (exact) mass is 314 g/mol. The minimum absolute atomic E-state index is 0.150. The summed E-state index contributed by atoms with van der Waals surface area (Å²) in [5.74, 6) is -1.77. The maximum absolute atomic E-state index is 12.2. The van der Waals surface area contributed by atoms with Gasteiger partial charge in [-0.25, -0.2) is 0 Å². The summed E-state index contributed by atoms with van der Waals surface area (Å²) < 4.78 is 5.45. The number of carbonyl (C=O) groups is 3. The number of rotatable bonds is 2. The summed E-state index contributed by atoms with van der Waals surface area (Å²) in [7, 11) is 0. The van der Waals surface area contributed by atoms with E-state index in [9.17, 15) is 19.2 Å². The predicted molar refractivity (Wildman–Crippen MR) is 80.9 cm³/mol. The molecule has 1 fully saturated rings. The lowest BCUT2D eigenvalue weighted by molar-refractivity contribution is -0.134. The normalized spacial score (nSPS) is 17.9. The van der Waals surface area contributed by atoms with E-state index in [1.165, 1.54) is 0 Å². The highest BCUT2D eigenvalue weighted by atomic mass is 16.3. The van der Waals surface area contributed by atoms with E-state index in [1.54, 1.807) is 18.2 Å². The molecule has 1 unspecified atom stereocenters. The van der Waals surface area contributed by atoms with Crippen LogP contribution in [-0.4, -0.2) is 23.8 Å². The second-order valence-electron chi connectivity index (χ2n) is 5.45. The average molecular weight is 314 g/mol. The van der Waals surface area contributed by atoms with Gasteiger partial charge in [0.05, 0.1) is 5.39 Å². The van der Waals surface area contributed by atoms with Gasteiger partial charge in [0, 0.05) is 12.5 Å². The molecule has 0 spiro atoms. The van der Waals surface area contributed by atoms with Gasteiger partial charge in [0.15, 0.2) is 11.2 Å². The Balaban J connectivity index is 1.87. The fourth-order valence-electron chi connectivity index (χ4n) is 2.44. The molecule has 2 aromatic rings.